The van der Waals surface area contributed by atoms with E-state index in [9.17, 15) is 20.4 Å². The van der Waals surface area contributed by atoms with Crippen LogP contribution < -0.4 is 15.8 Å². The highest BCUT2D eigenvalue weighted by Gasteiger charge is 2.44. The van der Waals surface area contributed by atoms with Crippen LogP contribution in [-0.4, -0.2) is 71.4 Å². The number of aliphatic hydroxyl groups excluding tert-OH is 4. The molecule has 1 saturated heterocycles. The largest absolute Gasteiger partial charge is 0.489 e. The van der Waals surface area contributed by atoms with Crippen molar-refractivity contribution in [2.24, 2.45) is 0 Å². The molecule has 0 radical (unpaired) electrons. The maximum atomic E-state index is 10.7. The lowest BCUT2D eigenvalue weighted by Crippen LogP contribution is -2.33. The zero-order valence-corrected chi connectivity index (χ0v) is 19.8. The third kappa shape index (κ3) is 5.19. The Kier molecular flexibility index (Phi) is 7.17. The van der Waals surface area contributed by atoms with E-state index < -0.39 is 37.3 Å². The number of aromatic nitrogens is 4. The van der Waals surface area contributed by atoms with E-state index in [1.807, 2.05) is 30.3 Å². The van der Waals surface area contributed by atoms with Crippen molar-refractivity contribution in [2.75, 3.05) is 24.2 Å². The van der Waals surface area contributed by atoms with Crippen LogP contribution in [0.5, 0.6) is 5.75 Å². The second kappa shape index (κ2) is 10.7. The van der Waals surface area contributed by atoms with Crippen LogP contribution in [0.25, 0.3) is 11.2 Å². The summed E-state index contributed by atoms with van der Waals surface area (Å²) in [6.07, 6.45) is -4.03. The molecule has 5 atom stereocenters. The average molecular weight is 509 g/mol. The molecule has 2 aromatic carbocycles. The molecule has 5 rings (SSSR count). The summed E-state index contributed by atoms with van der Waals surface area (Å²) in [5.74, 6) is 0.917. The van der Waals surface area contributed by atoms with Gasteiger partial charge in [0.05, 0.1) is 19.0 Å². The summed E-state index contributed by atoms with van der Waals surface area (Å²) in [7, 11) is 0. The minimum atomic E-state index is -1.30. The normalized spacial score (nSPS) is 22.3. The number of nitrogen functional groups attached to an aromatic ring is 1. The van der Waals surface area contributed by atoms with Crippen molar-refractivity contribution in [1.29, 1.82) is 0 Å². The highest BCUT2D eigenvalue weighted by molar-refractivity contribution is 5.83. The van der Waals surface area contributed by atoms with Crippen molar-refractivity contribution in [2.45, 2.75) is 37.3 Å². The van der Waals surface area contributed by atoms with E-state index in [2.05, 4.69) is 20.3 Å². The summed E-state index contributed by atoms with van der Waals surface area (Å²) < 4.78 is 12.8. The minimum Gasteiger partial charge on any atom is -0.489 e. The van der Waals surface area contributed by atoms with E-state index in [0.29, 0.717) is 17.9 Å². The van der Waals surface area contributed by atoms with Crippen molar-refractivity contribution in [3.63, 3.8) is 0 Å². The lowest BCUT2D eigenvalue weighted by Gasteiger charge is -2.17. The van der Waals surface area contributed by atoms with Crippen molar-refractivity contribution in [1.82, 2.24) is 19.5 Å². The standard InChI is InChI=1S/C25H28N6O6/c26-22-19-23(31(13-28-19)24-21(35)20(34)18(11-32)37-24)30-25(29-22)27-10-17(33)15-6-8-16(9-7-15)36-12-14-4-2-1-3-5-14/h1-9,13,17-18,20-21,24,32-35H,10-12H2,(H3,26,27,29,30)/t17?,18-,20-,21-,24-/m1/s1. The summed E-state index contributed by atoms with van der Waals surface area (Å²) in [5, 5.41) is 43.5. The number of nitrogens with two attached hydrogens (primary N) is 1. The predicted molar refractivity (Wildman–Crippen MR) is 133 cm³/mol. The summed E-state index contributed by atoms with van der Waals surface area (Å²) in [4.78, 5) is 12.8. The second-order valence-corrected chi connectivity index (χ2v) is 8.73. The third-order valence-electron chi connectivity index (χ3n) is 6.21. The van der Waals surface area contributed by atoms with Gasteiger partial charge in [0.2, 0.25) is 5.95 Å². The van der Waals surface area contributed by atoms with Gasteiger partial charge in [-0.15, -0.1) is 0 Å². The number of hydrogen-bond donors (Lipinski definition) is 6. The molecule has 1 aliphatic heterocycles. The Hall–Kier alpha value is -3.81. The summed E-state index contributed by atoms with van der Waals surface area (Å²) in [5.41, 5.74) is 8.34. The zero-order valence-electron chi connectivity index (χ0n) is 19.8. The molecule has 1 unspecified atom stereocenters. The van der Waals surface area contributed by atoms with Gasteiger partial charge in [-0.25, -0.2) is 4.98 Å². The highest BCUT2D eigenvalue weighted by atomic mass is 16.6. The van der Waals surface area contributed by atoms with Crippen LogP contribution in [0.15, 0.2) is 60.9 Å². The molecular weight excluding hydrogens is 480 g/mol. The van der Waals surface area contributed by atoms with Gasteiger partial charge in [-0.3, -0.25) is 4.57 Å². The quantitative estimate of drug-likeness (QED) is 0.188. The fourth-order valence-electron chi connectivity index (χ4n) is 4.15. The maximum absolute atomic E-state index is 10.7. The lowest BCUT2D eigenvalue weighted by atomic mass is 10.1. The Morgan fingerprint density at radius 1 is 1.05 bits per heavy atom. The molecule has 0 aliphatic carbocycles. The molecule has 7 N–H and O–H groups in total. The van der Waals surface area contributed by atoms with Gasteiger partial charge in [0.25, 0.3) is 0 Å². The molecule has 3 heterocycles. The fourth-order valence-corrected chi connectivity index (χ4v) is 4.15. The van der Waals surface area contributed by atoms with Crippen LogP contribution >= 0.6 is 0 Å². The van der Waals surface area contributed by atoms with E-state index >= 15 is 0 Å². The first kappa shape index (κ1) is 24.9. The van der Waals surface area contributed by atoms with Gasteiger partial charge in [0, 0.05) is 6.54 Å². The molecule has 0 spiro atoms. The number of fused-ring (bicyclic) bond motifs is 1. The number of anilines is 2. The average Bonchev–Trinajstić information content (AvgIpc) is 3.47. The monoisotopic (exact) mass is 508 g/mol. The zero-order chi connectivity index (χ0) is 25.9. The Balaban J connectivity index is 1.25. The summed E-state index contributed by atoms with van der Waals surface area (Å²) >= 11 is 0. The van der Waals surface area contributed by atoms with E-state index in [1.165, 1.54) is 10.9 Å². The first-order chi connectivity index (χ1) is 17.9. The van der Waals surface area contributed by atoms with E-state index in [4.69, 9.17) is 15.2 Å². The maximum Gasteiger partial charge on any atom is 0.226 e. The Labute approximate surface area is 212 Å². The number of ether oxygens (including phenoxy) is 2. The Morgan fingerprint density at radius 3 is 2.51 bits per heavy atom. The molecule has 12 heteroatoms. The topological polar surface area (TPSA) is 181 Å². The van der Waals surface area contributed by atoms with Gasteiger partial charge in [-0.2, -0.15) is 9.97 Å². The number of benzene rings is 2. The first-order valence-electron chi connectivity index (χ1n) is 11.8. The van der Waals surface area contributed by atoms with Crippen LogP contribution in [0, 0.1) is 0 Å². The summed E-state index contributed by atoms with van der Waals surface area (Å²) in [6, 6.07) is 17.0. The third-order valence-corrected chi connectivity index (χ3v) is 6.21. The molecule has 194 valence electrons. The van der Waals surface area contributed by atoms with Crippen LogP contribution in [0.2, 0.25) is 0 Å². The predicted octanol–water partition coefficient (Wildman–Crippen LogP) is 0.744. The molecule has 37 heavy (non-hydrogen) atoms. The molecule has 1 fully saturated rings. The number of rotatable bonds is 9. The molecule has 0 bridgehead atoms. The van der Waals surface area contributed by atoms with Crippen LogP contribution in [0.3, 0.4) is 0 Å². The Bertz CT molecular complexity index is 1340. The molecule has 0 saturated carbocycles. The van der Waals surface area contributed by atoms with Crippen LogP contribution in [0.4, 0.5) is 11.8 Å². The molecule has 12 nitrogen and oxygen atoms in total. The molecule has 2 aromatic heterocycles. The number of imidazole rings is 1. The van der Waals surface area contributed by atoms with Crippen molar-refractivity contribution in [3.8, 4) is 5.75 Å². The van der Waals surface area contributed by atoms with Crippen molar-refractivity contribution < 1.29 is 29.9 Å². The minimum absolute atomic E-state index is 0.0902. The van der Waals surface area contributed by atoms with Gasteiger partial charge in [0.15, 0.2) is 17.7 Å². The first-order valence-corrected chi connectivity index (χ1v) is 11.8. The van der Waals surface area contributed by atoms with Crippen molar-refractivity contribution >= 4 is 22.9 Å². The Morgan fingerprint density at radius 2 is 1.81 bits per heavy atom. The van der Waals surface area contributed by atoms with Gasteiger partial charge < -0.3 is 41.0 Å². The van der Waals surface area contributed by atoms with E-state index in [0.717, 1.165) is 5.56 Å². The highest BCUT2D eigenvalue weighted by Crippen LogP contribution is 2.32. The number of nitrogens with one attached hydrogen (secondary N) is 1. The number of aliphatic hydroxyl groups is 4. The van der Waals surface area contributed by atoms with Crippen LogP contribution in [0.1, 0.15) is 23.5 Å². The van der Waals surface area contributed by atoms with E-state index in [1.54, 1.807) is 24.3 Å². The SMILES string of the molecule is Nc1nc(NCC(O)c2ccc(OCc3ccccc3)cc2)nc2c1ncn2[C@@H]1O[C@H](CO)[C@@H](O)[C@H]1O. The molecule has 0 amide bonds. The van der Waals surface area contributed by atoms with Gasteiger partial charge >= 0.3 is 0 Å². The number of nitrogens with zero attached hydrogens (tertiary/aromatic N) is 4. The molecular formula is C25H28N6O6. The lowest BCUT2D eigenvalue weighted by molar-refractivity contribution is -0.0511. The van der Waals surface area contributed by atoms with Gasteiger partial charge in [0.1, 0.15) is 36.2 Å². The van der Waals surface area contributed by atoms with E-state index in [-0.39, 0.29) is 29.5 Å². The van der Waals surface area contributed by atoms with Crippen molar-refractivity contribution in [3.05, 3.63) is 72.1 Å². The summed E-state index contributed by atoms with van der Waals surface area (Å²) in [6.45, 7) is 0.0884. The molecule has 1 aliphatic rings. The smallest absolute Gasteiger partial charge is 0.226 e. The van der Waals surface area contributed by atoms with Crippen LogP contribution in [-0.2, 0) is 11.3 Å². The number of hydrogen-bond acceptors (Lipinski definition) is 11. The molecule has 4 aromatic rings. The fraction of sp³-hybridized carbons (Fsp3) is 0.320. The van der Waals surface area contributed by atoms with Gasteiger partial charge in [-0.1, -0.05) is 42.5 Å². The van der Waals surface area contributed by atoms with Gasteiger partial charge in [-0.05, 0) is 23.3 Å². The second-order valence-electron chi connectivity index (χ2n) is 8.73.